The van der Waals surface area contributed by atoms with Crippen LogP contribution < -0.4 is 0 Å². The molecule has 0 nitrogen and oxygen atoms in total. The third-order valence-electron chi connectivity index (χ3n) is 2.13. The zero-order chi connectivity index (χ0) is 9.97. The van der Waals surface area contributed by atoms with Crippen molar-refractivity contribution in [3.8, 4) is 0 Å². The molecule has 0 heterocycles. The molecule has 0 amide bonds. The van der Waals surface area contributed by atoms with Crippen LogP contribution in [-0.2, 0) is 0 Å². The molecule has 0 unspecified atom stereocenters. The number of fused-ring (bicyclic) bond motifs is 1. The van der Waals surface area contributed by atoms with Crippen molar-refractivity contribution in [3.63, 3.8) is 0 Å². The first-order valence-corrected chi connectivity index (χ1v) is 5.99. The normalized spacial score (nSPS) is 10.7. The number of rotatable bonds is 2. The molecule has 0 radical (unpaired) electrons. The van der Waals surface area contributed by atoms with Gasteiger partial charge >= 0.3 is 0 Å². The Labute approximate surface area is 93.3 Å². The summed E-state index contributed by atoms with van der Waals surface area (Å²) in [5.41, 5.74) is 0. The Bertz CT molecular complexity index is 451. The van der Waals surface area contributed by atoms with E-state index < -0.39 is 0 Å². The van der Waals surface area contributed by atoms with Gasteiger partial charge in [-0.05, 0) is 23.3 Å². The smallest absolute Gasteiger partial charge is 0.0485 e. The second-order valence-corrected chi connectivity index (χ2v) is 4.74. The minimum absolute atomic E-state index is 0.834. The zero-order valence-corrected chi connectivity index (χ0v) is 9.53. The highest BCUT2D eigenvalue weighted by Crippen LogP contribution is 2.32. The van der Waals surface area contributed by atoms with E-state index in [-0.39, 0.29) is 0 Å². The summed E-state index contributed by atoms with van der Waals surface area (Å²) in [6, 6.07) is 12.3. The van der Waals surface area contributed by atoms with E-state index >= 15 is 0 Å². The van der Waals surface area contributed by atoms with Crippen LogP contribution in [0, 0.1) is 0 Å². The van der Waals surface area contributed by atoms with Crippen molar-refractivity contribution in [1.29, 1.82) is 0 Å². The van der Waals surface area contributed by atoms with Gasteiger partial charge in [-0.3, -0.25) is 0 Å². The third-order valence-corrected chi connectivity index (χ3v) is 3.42. The van der Waals surface area contributed by atoms with Crippen molar-refractivity contribution in [2.24, 2.45) is 0 Å². The maximum Gasteiger partial charge on any atom is 0.0485 e. The van der Waals surface area contributed by atoms with Crippen LogP contribution in [0.15, 0.2) is 41.3 Å². The molecule has 0 saturated carbocycles. The first kappa shape index (κ1) is 9.88. The molecule has 0 aliphatic carbocycles. The summed E-state index contributed by atoms with van der Waals surface area (Å²) < 4.78 is 0. The highest BCUT2D eigenvalue weighted by atomic mass is 35.5. The van der Waals surface area contributed by atoms with Crippen LogP contribution in [0.5, 0.6) is 0 Å². The number of hydrogen-bond acceptors (Lipinski definition) is 1. The van der Waals surface area contributed by atoms with E-state index in [0.29, 0.717) is 0 Å². The maximum atomic E-state index is 6.12. The summed E-state index contributed by atoms with van der Waals surface area (Å²) in [4.78, 5) is 1.31. The predicted octanol–water partition coefficient (Wildman–Crippen LogP) is 4.61. The van der Waals surface area contributed by atoms with Gasteiger partial charge in [-0.1, -0.05) is 42.8 Å². The summed E-state index contributed by atoms with van der Waals surface area (Å²) in [5, 5.41) is 3.24. The van der Waals surface area contributed by atoms with Gasteiger partial charge in [-0.25, -0.2) is 0 Å². The molecular weight excluding hydrogens is 212 g/mol. The average molecular weight is 223 g/mol. The third kappa shape index (κ3) is 1.75. The Kier molecular flexibility index (Phi) is 2.99. The largest absolute Gasteiger partial charge is 0.126 e. The molecule has 2 aromatic rings. The molecule has 2 rings (SSSR count). The van der Waals surface area contributed by atoms with Crippen molar-refractivity contribution in [2.45, 2.75) is 11.8 Å². The van der Waals surface area contributed by atoms with Gasteiger partial charge in [0.05, 0.1) is 0 Å². The van der Waals surface area contributed by atoms with Crippen LogP contribution in [-0.4, -0.2) is 5.75 Å². The molecule has 0 bridgehead atoms. The van der Waals surface area contributed by atoms with Gasteiger partial charge in [-0.15, -0.1) is 11.8 Å². The van der Waals surface area contributed by atoms with Gasteiger partial charge in [0, 0.05) is 15.3 Å². The van der Waals surface area contributed by atoms with E-state index in [2.05, 4.69) is 31.2 Å². The summed E-state index contributed by atoms with van der Waals surface area (Å²) in [7, 11) is 0. The summed E-state index contributed by atoms with van der Waals surface area (Å²) in [6.07, 6.45) is 0. The number of thioether (sulfide) groups is 1. The summed E-state index contributed by atoms with van der Waals surface area (Å²) >= 11 is 7.97. The van der Waals surface area contributed by atoms with Crippen molar-refractivity contribution in [1.82, 2.24) is 0 Å². The Morgan fingerprint density at radius 2 is 1.79 bits per heavy atom. The molecule has 0 aromatic heterocycles. The van der Waals surface area contributed by atoms with Crippen LogP contribution in [0.2, 0.25) is 5.02 Å². The van der Waals surface area contributed by atoms with Gasteiger partial charge in [0.2, 0.25) is 0 Å². The molecule has 72 valence electrons. The molecule has 0 spiro atoms. The van der Waals surface area contributed by atoms with Gasteiger partial charge < -0.3 is 0 Å². The first-order chi connectivity index (χ1) is 6.83. The van der Waals surface area contributed by atoms with Crippen LogP contribution in [0.3, 0.4) is 0 Å². The van der Waals surface area contributed by atoms with Crippen molar-refractivity contribution >= 4 is 34.1 Å². The summed E-state index contributed by atoms with van der Waals surface area (Å²) in [5.74, 6) is 1.09. The number of hydrogen-bond donors (Lipinski definition) is 0. The molecular formula is C12H11ClS. The molecule has 0 aliphatic rings. The predicted molar refractivity (Wildman–Crippen MR) is 65.4 cm³/mol. The highest BCUT2D eigenvalue weighted by Gasteiger charge is 2.02. The fourth-order valence-electron chi connectivity index (χ4n) is 1.52. The second kappa shape index (κ2) is 4.24. The van der Waals surface area contributed by atoms with Gasteiger partial charge in [0.15, 0.2) is 0 Å². The Morgan fingerprint density at radius 3 is 2.50 bits per heavy atom. The molecule has 2 aromatic carbocycles. The molecule has 0 N–H and O–H groups in total. The van der Waals surface area contributed by atoms with Crippen LogP contribution in [0.1, 0.15) is 6.92 Å². The highest BCUT2D eigenvalue weighted by molar-refractivity contribution is 7.99. The fraction of sp³-hybridized carbons (Fsp3) is 0.167. The Balaban J connectivity index is 2.68. The second-order valence-electron chi connectivity index (χ2n) is 3.02. The van der Waals surface area contributed by atoms with E-state index in [1.165, 1.54) is 10.3 Å². The molecule has 0 saturated heterocycles. The Hall–Kier alpha value is -0.660. The SMILES string of the molecule is CCSc1ccc(Cl)c2ccccc12. The average Bonchev–Trinajstić information content (AvgIpc) is 2.23. The number of halogens is 1. The van der Waals surface area contributed by atoms with E-state index in [0.717, 1.165) is 16.2 Å². The number of benzene rings is 2. The lowest BCUT2D eigenvalue weighted by Gasteiger charge is -2.05. The van der Waals surface area contributed by atoms with Crippen molar-refractivity contribution in [3.05, 3.63) is 41.4 Å². The Morgan fingerprint density at radius 1 is 1.07 bits per heavy atom. The molecule has 2 heteroatoms. The molecule has 14 heavy (non-hydrogen) atoms. The van der Waals surface area contributed by atoms with Gasteiger partial charge in [-0.2, -0.15) is 0 Å². The summed E-state index contributed by atoms with van der Waals surface area (Å²) in [6.45, 7) is 2.16. The van der Waals surface area contributed by atoms with Crippen LogP contribution >= 0.6 is 23.4 Å². The lowest BCUT2D eigenvalue weighted by molar-refractivity contribution is 1.48. The minimum atomic E-state index is 0.834. The molecule has 0 fully saturated rings. The van der Waals surface area contributed by atoms with E-state index in [1.54, 1.807) is 0 Å². The molecule has 0 aliphatic heterocycles. The van der Waals surface area contributed by atoms with Crippen molar-refractivity contribution < 1.29 is 0 Å². The topological polar surface area (TPSA) is 0 Å². The van der Waals surface area contributed by atoms with E-state index in [1.807, 2.05) is 23.9 Å². The van der Waals surface area contributed by atoms with E-state index in [4.69, 9.17) is 11.6 Å². The molecule has 0 atom stereocenters. The quantitative estimate of drug-likeness (QED) is 0.669. The monoisotopic (exact) mass is 222 g/mol. The van der Waals surface area contributed by atoms with Crippen LogP contribution in [0.25, 0.3) is 10.8 Å². The van der Waals surface area contributed by atoms with Gasteiger partial charge in [0.25, 0.3) is 0 Å². The lowest BCUT2D eigenvalue weighted by atomic mass is 10.1. The zero-order valence-electron chi connectivity index (χ0n) is 7.96. The minimum Gasteiger partial charge on any atom is -0.126 e. The first-order valence-electron chi connectivity index (χ1n) is 4.63. The maximum absolute atomic E-state index is 6.12. The van der Waals surface area contributed by atoms with Crippen LogP contribution in [0.4, 0.5) is 0 Å². The van der Waals surface area contributed by atoms with Crippen molar-refractivity contribution in [2.75, 3.05) is 5.75 Å². The fourth-order valence-corrected chi connectivity index (χ4v) is 2.55. The lowest BCUT2D eigenvalue weighted by Crippen LogP contribution is -1.79. The standard InChI is InChI=1S/C12H11ClS/c1-2-14-12-8-7-11(13)9-5-3-4-6-10(9)12/h3-8H,2H2,1H3. The van der Waals surface area contributed by atoms with E-state index in [9.17, 15) is 0 Å². The van der Waals surface area contributed by atoms with Gasteiger partial charge in [0.1, 0.15) is 0 Å².